The number of anilines is 3. The fraction of sp³-hybridized carbons (Fsp3) is 0.360. The van der Waals surface area contributed by atoms with E-state index < -0.39 is 5.82 Å². The van der Waals surface area contributed by atoms with E-state index in [9.17, 15) is 9.18 Å². The van der Waals surface area contributed by atoms with Gasteiger partial charge in [0, 0.05) is 36.5 Å². The number of hydrogen-bond donors (Lipinski definition) is 4. The third-order valence-electron chi connectivity index (χ3n) is 6.49. The summed E-state index contributed by atoms with van der Waals surface area (Å²) in [4.78, 5) is 21.0. The molecule has 8 heteroatoms. The van der Waals surface area contributed by atoms with E-state index in [1.807, 2.05) is 6.07 Å². The van der Waals surface area contributed by atoms with Crippen LogP contribution in [0.25, 0.3) is 11.3 Å². The molecule has 0 saturated carbocycles. The number of nitrogens with zero attached hydrogens (tertiary/aromatic N) is 1. The molecule has 2 bridgehead atoms. The van der Waals surface area contributed by atoms with Crippen LogP contribution in [0, 0.1) is 5.82 Å². The van der Waals surface area contributed by atoms with Gasteiger partial charge in [-0.2, -0.15) is 0 Å². The van der Waals surface area contributed by atoms with Crippen LogP contribution in [-0.2, 0) is 0 Å². The van der Waals surface area contributed by atoms with Gasteiger partial charge in [-0.15, -0.1) is 0 Å². The average molecular weight is 450 g/mol. The van der Waals surface area contributed by atoms with Crippen LogP contribution in [0.15, 0.2) is 36.7 Å². The smallest absolute Gasteiger partial charge is 0.255 e. The molecule has 0 radical (unpaired) electrons. The van der Waals surface area contributed by atoms with Crippen molar-refractivity contribution in [2.24, 2.45) is 0 Å². The number of methoxy groups -OCH3 is 1. The van der Waals surface area contributed by atoms with Crippen LogP contribution >= 0.6 is 0 Å². The van der Waals surface area contributed by atoms with Gasteiger partial charge in [-0.05, 0) is 31.0 Å². The number of halogens is 1. The van der Waals surface area contributed by atoms with Gasteiger partial charge < -0.3 is 25.7 Å². The van der Waals surface area contributed by atoms with Crippen molar-refractivity contribution >= 4 is 23.0 Å². The Morgan fingerprint density at radius 3 is 2.91 bits per heavy atom. The van der Waals surface area contributed by atoms with Crippen molar-refractivity contribution in [3.8, 4) is 17.0 Å². The summed E-state index contributed by atoms with van der Waals surface area (Å²) >= 11 is 0. The normalized spacial score (nSPS) is 18.0. The van der Waals surface area contributed by atoms with E-state index in [1.165, 1.54) is 13.2 Å². The molecule has 3 aromatic rings. The highest BCUT2D eigenvalue weighted by Crippen LogP contribution is 2.44. The lowest BCUT2D eigenvalue weighted by atomic mass is 9.91. The minimum atomic E-state index is -0.468. The fourth-order valence-electron chi connectivity index (χ4n) is 4.84. The summed E-state index contributed by atoms with van der Waals surface area (Å²) < 4.78 is 19.7. The van der Waals surface area contributed by atoms with E-state index in [1.54, 1.807) is 24.5 Å². The maximum absolute atomic E-state index is 14.4. The van der Waals surface area contributed by atoms with E-state index in [4.69, 9.17) is 4.74 Å². The standard InChI is InChI=1S/C25H28FN5O2/c1-33-24-17(26)8-6-9-18(24)30-23-20-21-15(13-29-25(20)32)7-4-2-3-5-11-28-19-14-27-12-10-16(19)22(23)31-21/h6,8-10,12,14-15,28,30-31H,2-5,7,11,13H2,1H3,(H,29,32)/t15-/m0/s1. The highest BCUT2D eigenvalue weighted by Gasteiger charge is 2.33. The highest BCUT2D eigenvalue weighted by molar-refractivity contribution is 6.07. The van der Waals surface area contributed by atoms with Crippen LogP contribution in [0.5, 0.6) is 5.75 Å². The summed E-state index contributed by atoms with van der Waals surface area (Å²) in [7, 11) is 1.43. The predicted octanol–water partition coefficient (Wildman–Crippen LogP) is 5.17. The molecule has 0 unspecified atom stereocenters. The van der Waals surface area contributed by atoms with Crippen LogP contribution < -0.4 is 20.7 Å². The average Bonchev–Trinajstić information content (AvgIpc) is 3.20. The molecule has 172 valence electrons. The molecule has 2 aliphatic rings. The fourth-order valence-corrected chi connectivity index (χ4v) is 4.84. The zero-order valence-corrected chi connectivity index (χ0v) is 18.6. The van der Waals surface area contributed by atoms with Crippen LogP contribution in [0.4, 0.5) is 21.5 Å². The van der Waals surface area contributed by atoms with Gasteiger partial charge in [-0.1, -0.05) is 25.3 Å². The number of carbonyl (C=O) groups is 1. The molecule has 7 nitrogen and oxygen atoms in total. The first-order valence-corrected chi connectivity index (χ1v) is 11.5. The van der Waals surface area contributed by atoms with Crippen molar-refractivity contribution in [2.75, 3.05) is 30.8 Å². The maximum atomic E-state index is 14.4. The van der Waals surface area contributed by atoms with Crippen molar-refractivity contribution in [3.63, 3.8) is 0 Å². The lowest BCUT2D eigenvalue weighted by Gasteiger charge is -2.24. The Labute approximate surface area is 192 Å². The minimum absolute atomic E-state index is 0.105. The van der Waals surface area contributed by atoms with Gasteiger partial charge in [0.15, 0.2) is 11.6 Å². The second-order valence-electron chi connectivity index (χ2n) is 8.57. The van der Waals surface area contributed by atoms with Gasteiger partial charge in [0.25, 0.3) is 5.91 Å². The zero-order chi connectivity index (χ0) is 22.8. The number of carbonyl (C=O) groups excluding carboxylic acids is 1. The van der Waals surface area contributed by atoms with E-state index >= 15 is 0 Å². The number of amides is 1. The monoisotopic (exact) mass is 449 g/mol. The molecule has 1 amide bonds. The SMILES string of the molecule is COc1c(F)cccc1Nc1c2[nH]c3c1C(=O)NC[C@@H]3CCCCCCNc1cnccc1-2. The first-order chi connectivity index (χ1) is 16.2. The molecule has 1 aromatic carbocycles. The highest BCUT2D eigenvalue weighted by atomic mass is 19.1. The van der Waals surface area contributed by atoms with Gasteiger partial charge in [-0.25, -0.2) is 4.39 Å². The molecule has 33 heavy (non-hydrogen) atoms. The second kappa shape index (κ2) is 9.13. The van der Waals surface area contributed by atoms with Crippen LogP contribution in [0.2, 0.25) is 0 Å². The van der Waals surface area contributed by atoms with Crippen LogP contribution in [0.1, 0.15) is 54.1 Å². The first kappa shape index (κ1) is 21.3. The number of aromatic amines is 1. The number of hydrogen-bond acceptors (Lipinski definition) is 5. The van der Waals surface area contributed by atoms with Crippen LogP contribution in [-0.4, -0.2) is 36.1 Å². The van der Waals surface area contributed by atoms with Gasteiger partial charge in [0.2, 0.25) is 0 Å². The van der Waals surface area contributed by atoms with Gasteiger partial charge >= 0.3 is 0 Å². The molecule has 5 rings (SSSR count). The molecule has 0 fully saturated rings. The Morgan fingerprint density at radius 2 is 2.03 bits per heavy atom. The number of para-hydroxylation sites is 1. The summed E-state index contributed by atoms with van der Waals surface area (Å²) in [5.41, 5.74) is 5.14. The molecule has 2 aliphatic heterocycles. The molecule has 1 atom stereocenters. The Hall–Kier alpha value is -3.55. The molecular formula is C25H28FN5O2. The number of rotatable bonds is 3. The first-order valence-electron chi connectivity index (χ1n) is 11.5. The number of nitrogens with one attached hydrogen (secondary N) is 4. The number of ether oxygens (including phenoxy) is 1. The third kappa shape index (κ3) is 4.01. The van der Waals surface area contributed by atoms with Gasteiger partial charge in [0.05, 0.1) is 41.6 Å². The molecule has 4 N–H and O–H groups in total. The molecule has 0 saturated heterocycles. The molecule has 4 heterocycles. The van der Waals surface area contributed by atoms with E-state index in [-0.39, 0.29) is 17.6 Å². The molecular weight excluding hydrogens is 421 g/mol. The van der Waals surface area contributed by atoms with Crippen molar-refractivity contribution in [2.45, 2.75) is 38.0 Å². The summed E-state index contributed by atoms with van der Waals surface area (Å²) in [6.07, 6.45) is 9.04. The van der Waals surface area contributed by atoms with E-state index in [2.05, 4.69) is 25.9 Å². The van der Waals surface area contributed by atoms with E-state index in [0.717, 1.165) is 61.3 Å². The Kier molecular flexibility index (Phi) is 5.90. The Bertz CT molecular complexity index is 1180. The van der Waals surface area contributed by atoms with Crippen molar-refractivity contribution in [1.82, 2.24) is 15.3 Å². The topological polar surface area (TPSA) is 91.1 Å². The molecule has 2 aromatic heterocycles. The molecule has 0 spiro atoms. The van der Waals surface area contributed by atoms with E-state index in [0.29, 0.717) is 23.5 Å². The number of aromatic nitrogens is 2. The minimum Gasteiger partial charge on any atom is -0.492 e. The van der Waals surface area contributed by atoms with Gasteiger partial charge in [-0.3, -0.25) is 9.78 Å². The summed E-state index contributed by atoms with van der Waals surface area (Å²) in [5, 5.41) is 9.88. The third-order valence-corrected chi connectivity index (χ3v) is 6.49. The second-order valence-corrected chi connectivity index (χ2v) is 8.57. The Morgan fingerprint density at radius 1 is 1.15 bits per heavy atom. The zero-order valence-electron chi connectivity index (χ0n) is 18.6. The lowest BCUT2D eigenvalue weighted by Crippen LogP contribution is -2.35. The summed E-state index contributed by atoms with van der Waals surface area (Å²) in [6.45, 7) is 1.46. The van der Waals surface area contributed by atoms with Crippen molar-refractivity contribution < 1.29 is 13.9 Å². The molecule has 0 aliphatic carbocycles. The largest absolute Gasteiger partial charge is 0.492 e. The number of fused-ring (bicyclic) bond motifs is 3. The predicted molar refractivity (Wildman–Crippen MR) is 127 cm³/mol. The number of H-pyrrole nitrogens is 1. The van der Waals surface area contributed by atoms with Crippen LogP contribution in [0.3, 0.4) is 0 Å². The lowest BCUT2D eigenvalue weighted by molar-refractivity contribution is 0.0939. The number of benzene rings is 1. The van der Waals surface area contributed by atoms with Crippen molar-refractivity contribution in [1.29, 1.82) is 0 Å². The Balaban J connectivity index is 1.71. The summed E-state index contributed by atoms with van der Waals surface area (Å²) in [6, 6.07) is 6.64. The number of pyridine rings is 1. The quantitative estimate of drug-likeness (QED) is 0.443. The summed E-state index contributed by atoms with van der Waals surface area (Å²) in [5.74, 6) is -0.310. The maximum Gasteiger partial charge on any atom is 0.255 e. The van der Waals surface area contributed by atoms with Gasteiger partial charge in [0.1, 0.15) is 0 Å². The van der Waals surface area contributed by atoms with Crippen molar-refractivity contribution in [3.05, 3.63) is 53.7 Å².